The van der Waals surface area contributed by atoms with Gasteiger partial charge in [-0.2, -0.15) is 0 Å². The lowest BCUT2D eigenvalue weighted by molar-refractivity contribution is 0.542. The Kier molecular flexibility index (Phi) is 3.78. The van der Waals surface area contributed by atoms with Crippen LogP contribution in [0, 0.1) is 5.82 Å². The summed E-state index contributed by atoms with van der Waals surface area (Å²) in [5.74, 6) is 0.00533. The summed E-state index contributed by atoms with van der Waals surface area (Å²) < 4.78 is 14.2. The molecule has 0 amide bonds. The molecule has 3 rings (SSSR count). The smallest absolute Gasteiger partial charge is 0.127 e. The van der Waals surface area contributed by atoms with Crippen molar-refractivity contribution in [3.63, 3.8) is 0 Å². The first kappa shape index (κ1) is 13.9. The molecular formula is C19H20FN. The van der Waals surface area contributed by atoms with Gasteiger partial charge in [0.25, 0.3) is 0 Å². The van der Waals surface area contributed by atoms with Crippen LogP contribution in [0.25, 0.3) is 0 Å². The van der Waals surface area contributed by atoms with Crippen LogP contribution in [-0.2, 0) is 6.42 Å². The number of halogens is 1. The van der Waals surface area contributed by atoms with Crippen LogP contribution >= 0.6 is 0 Å². The predicted molar refractivity (Wildman–Crippen MR) is 84.8 cm³/mol. The summed E-state index contributed by atoms with van der Waals surface area (Å²) in [5.41, 5.74) is 4.73. The van der Waals surface area contributed by atoms with Crippen LogP contribution < -0.4 is 0 Å². The fourth-order valence-corrected chi connectivity index (χ4v) is 3.22. The molecule has 1 nitrogen and oxygen atoms in total. The lowest BCUT2D eigenvalue weighted by atomic mass is 9.76. The zero-order valence-corrected chi connectivity index (χ0v) is 12.5. The molecule has 0 fully saturated rings. The van der Waals surface area contributed by atoms with Gasteiger partial charge in [-0.25, -0.2) is 4.39 Å². The number of nitrogens with zero attached hydrogens (tertiary/aromatic N) is 1. The molecule has 0 heterocycles. The highest BCUT2D eigenvalue weighted by Gasteiger charge is 2.26. The zero-order valence-electron chi connectivity index (χ0n) is 12.5. The van der Waals surface area contributed by atoms with E-state index < -0.39 is 0 Å². The second-order valence-electron chi connectivity index (χ2n) is 5.90. The van der Waals surface area contributed by atoms with Gasteiger partial charge in [0.05, 0.1) is 0 Å². The Balaban J connectivity index is 2.09. The fraction of sp³-hybridized carbons (Fsp3) is 0.263. The monoisotopic (exact) mass is 281 g/mol. The summed E-state index contributed by atoms with van der Waals surface area (Å²) in [6.45, 7) is 0. The second kappa shape index (κ2) is 5.72. The van der Waals surface area contributed by atoms with E-state index in [1.807, 2.05) is 32.3 Å². The normalized spacial score (nSPS) is 19.4. The number of hydrogen-bond donors (Lipinski definition) is 0. The number of rotatable bonds is 2. The van der Waals surface area contributed by atoms with Crippen molar-refractivity contribution in [3.05, 3.63) is 82.8 Å². The van der Waals surface area contributed by atoms with E-state index in [0.717, 1.165) is 18.4 Å². The quantitative estimate of drug-likeness (QED) is 0.791. The first-order chi connectivity index (χ1) is 10.1. The molecule has 2 aromatic carbocycles. The SMILES string of the molecule is CN(C)C=C1Cc2ccccc2[C@H](c2ccccc2F)C1. The van der Waals surface area contributed by atoms with Crippen LogP contribution in [0.4, 0.5) is 4.39 Å². The van der Waals surface area contributed by atoms with Crippen molar-refractivity contribution < 1.29 is 4.39 Å². The lowest BCUT2D eigenvalue weighted by Crippen LogP contribution is -2.16. The zero-order chi connectivity index (χ0) is 14.8. The van der Waals surface area contributed by atoms with E-state index in [1.165, 1.54) is 16.7 Å². The van der Waals surface area contributed by atoms with Crippen molar-refractivity contribution in [3.8, 4) is 0 Å². The molecule has 0 radical (unpaired) electrons. The molecular weight excluding hydrogens is 261 g/mol. The van der Waals surface area contributed by atoms with Crippen molar-refractivity contribution in [1.82, 2.24) is 4.90 Å². The topological polar surface area (TPSA) is 3.24 Å². The molecule has 1 aliphatic rings. The average molecular weight is 281 g/mol. The van der Waals surface area contributed by atoms with Gasteiger partial charge >= 0.3 is 0 Å². The highest BCUT2D eigenvalue weighted by atomic mass is 19.1. The van der Waals surface area contributed by atoms with E-state index >= 15 is 0 Å². The van der Waals surface area contributed by atoms with E-state index in [9.17, 15) is 4.39 Å². The molecule has 0 saturated heterocycles. The molecule has 0 spiro atoms. The van der Waals surface area contributed by atoms with Gasteiger partial charge in [0.2, 0.25) is 0 Å². The number of benzene rings is 2. The maximum absolute atomic E-state index is 14.2. The van der Waals surface area contributed by atoms with E-state index in [0.29, 0.717) is 0 Å². The molecule has 108 valence electrons. The summed E-state index contributed by atoms with van der Waals surface area (Å²) in [5, 5.41) is 0. The third-order valence-corrected chi connectivity index (χ3v) is 4.04. The number of fused-ring (bicyclic) bond motifs is 1. The molecule has 0 unspecified atom stereocenters. The molecule has 0 saturated carbocycles. The summed E-state index contributed by atoms with van der Waals surface area (Å²) in [7, 11) is 4.07. The van der Waals surface area contributed by atoms with Gasteiger partial charge < -0.3 is 4.90 Å². The van der Waals surface area contributed by atoms with Gasteiger partial charge in [-0.05, 0) is 47.4 Å². The largest absolute Gasteiger partial charge is 0.384 e. The average Bonchev–Trinajstić information content (AvgIpc) is 2.46. The third-order valence-electron chi connectivity index (χ3n) is 4.04. The van der Waals surface area contributed by atoms with Gasteiger partial charge in [-0.1, -0.05) is 42.5 Å². The lowest BCUT2D eigenvalue weighted by Gasteiger charge is -2.29. The summed E-state index contributed by atoms with van der Waals surface area (Å²) in [6.07, 6.45) is 4.01. The van der Waals surface area contributed by atoms with Gasteiger partial charge in [0.15, 0.2) is 0 Å². The highest BCUT2D eigenvalue weighted by molar-refractivity contribution is 5.44. The fourth-order valence-electron chi connectivity index (χ4n) is 3.22. The number of hydrogen-bond acceptors (Lipinski definition) is 1. The van der Waals surface area contributed by atoms with E-state index in [2.05, 4.69) is 29.3 Å². The van der Waals surface area contributed by atoms with E-state index in [4.69, 9.17) is 0 Å². The molecule has 0 aliphatic heterocycles. The summed E-state index contributed by atoms with van der Waals surface area (Å²) >= 11 is 0. The molecule has 1 aliphatic carbocycles. The van der Waals surface area contributed by atoms with Crippen molar-refractivity contribution >= 4 is 0 Å². The van der Waals surface area contributed by atoms with Crippen LogP contribution in [0.3, 0.4) is 0 Å². The first-order valence-corrected chi connectivity index (χ1v) is 7.33. The van der Waals surface area contributed by atoms with Crippen molar-refractivity contribution in [2.75, 3.05) is 14.1 Å². The molecule has 0 aromatic heterocycles. The van der Waals surface area contributed by atoms with Gasteiger partial charge in [0.1, 0.15) is 5.82 Å². The Labute approximate surface area is 125 Å². The molecule has 21 heavy (non-hydrogen) atoms. The van der Waals surface area contributed by atoms with E-state index in [-0.39, 0.29) is 11.7 Å². The van der Waals surface area contributed by atoms with Crippen LogP contribution in [-0.4, -0.2) is 19.0 Å². The van der Waals surface area contributed by atoms with Crippen LogP contribution in [0.1, 0.15) is 29.0 Å². The predicted octanol–water partition coefficient (Wildman–Crippen LogP) is 4.35. The summed E-state index contributed by atoms with van der Waals surface area (Å²) in [6, 6.07) is 15.6. The van der Waals surface area contributed by atoms with Crippen LogP contribution in [0.5, 0.6) is 0 Å². The highest BCUT2D eigenvalue weighted by Crippen LogP contribution is 2.39. The standard InChI is InChI=1S/C19H20FN/c1-21(2)13-14-11-15-7-3-4-8-16(15)18(12-14)17-9-5-6-10-19(17)20/h3-10,13,18H,11-12H2,1-2H3/t18-/m1/s1. The molecule has 2 heteroatoms. The van der Waals surface area contributed by atoms with Gasteiger partial charge in [-0.15, -0.1) is 0 Å². The minimum absolute atomic E-state index is 0.108. The van der Waals surface area contributed by atoms with Crippen LogP contribution in [0.2, 0.25) is 0 Å². The molecule has 2 aromatic rings. The minimum Gasteiger partial charge on any atom is -0.384 e. The molecule has 0 N–H and O–H groups in total. The van der Waals surface area contributed by atoms with Gasteiger partial charge in [-0.3, -0.25) is 0 Å². The van der Waals surface area contributed by atoms with Crippen molar-refractivity contribution in [2.45, 2.75) is 18.8 Å². The Morgan fingerprint density at radius 1 is 1.00 bits per heavy atom. The minimum atomic E-state index is -0.108. The molecule has 0 bridgehead atoms. The Morgan fingerprint density at radius 2 is 1.67 bits per heavy atom. The maximum Gasteiger partial charge on any atom is 0.127 e. The van der Waals surface area contributed by atoms with Crippen molar-refractivity contribution in [1.29, 1.82) is 0 Å². The Hall–Kier alpha value is -2.09. The first-order valence-electron chi connectivity index (χ1n) is 7.33. The Bertz CT molecular complexity index is 673. The second-order valence-corrected chi connectivity index (χ2v) is 5.90. The molecule has 1 atom stereocenters. The van der Waals surface area contributed by atoms with Crippen LogP contribution in [0.15, 0.2) is 60.3 Å². The van der Waals surface area contributed by atoms with E-state index in [1.54, 1.807) is 12.1 Å². The summed E-state index contributed by atoms with van der Waals surface area (Å²) in [4.78, 5) is 2.07. The van der Waals surface area contributed by atoms with Gasteiger partial charge in [0, 0.05) is 20.0 Å². The van der Waals surface area contributed by atoms with Crippen molar-refractivity contribution in [2.24, 2.45) is 0 Å². The maximum atomic E-state index is 14.2. The third kappa shape index (κ3) is 2.85. The Morgan fingerprint density at radius 3 is 2.38 bits per heavy atom. The number of allylic oxidation sites excluding steroid dienone is 1.